The van der Waals surface area contributed by atoms with Crippen LogP contribution < -0.4 is 5.32 Å². The van der Waals surface area contributed by atoms with Gasteiger partial charge in [0.1, 0.15) is 0 Å². The second kappa shape index (κ2) is 5.74. The van der Waals surface area contributed by atoms with Crippen LogP contribution in [0.1, 0.15) is 43.4 Å². The standard InChI is InChI=1S/C15H20F3NO/c1-11(19-10-14(20-2)8-3-9-14)12-4-6-13(7-5-12)15(16,17)18/h4-7,11,19H,3,8-10H2,1-2H3. The van der Waals surface area contributed by atoms with Gasteiger partial charge in [0.25, 0.3) is 0 Å². The molecule has 0 heterocycles. The Labute approximate surface area is 117 Å². The van der Waals surface area contributed by atoms with Gasteiger partial charge in [0, 0.05) is 19.7 Å². The fraction of sp³-hybridized carbons (Fsp3) is 0.600. The third-order valence-corrected chi connectivity index (χ3v) is 4.17. The molecule has 1 atom stereocenters. The van der Waals surface area contributed by atoms with Crippen LogP contribution in [0.2, 0.25) is 0 Å². The lowest BCUT2D eigenvalue weighted by molar-refractivity contribution is -0.137. The lowest BCUT2D eigenvalue weighted by Crippen LogP contribution is -2.48. The topological polar surface area (TPSA) is 21.3 Å². The normalized spacial score (nSPS) is 19.4. The molecule has 1 aromatic carbocycles. The van der Waals surface area contributed by atoms with E-state index in [2.05, 4.69) is 5.32 Å². The van der Waals surface area contributed by atoms with E-state index in [4.69, 9.17) is 4.74 Å². The Balaban J connectivity index is 1.94. The molecule has 1 N–H and O–H groups in total. The lowest BCUT2D eigenvalue weighted by Gasteiger charge is -2.41. The molecule has 1 aliphatic rings. The maximum atomic E-state index is 12.5. The van der Waals surface area contributed by atoms with Crippen molar-refractivity contribution in [2.45, 2.75) is 44.0 Å². The maximum absolute atomic E-state index is 12.5. The van der Waals surface area contributed by atoms with Crippen LogP contribution in [-0.2, 0) is 10.9 Å². The van der Waals surface area contributed by atoms with Crippen LogP contribution in [0.15, 0.2) is 24.3 Å². The van der Waals surface area contributed by atoms with Gasteiger partial charge in [-0.15, -0.1) is 0 Å². The molecular formula is C15H20F3NO. The highest BCUT2D eigenvalue weighted by Crippen LogP contribution is 2.35. The zero-order valence-electron chi connectivity index (χ0n) is 11.8. The minimum Gasteiger partial charge on any atom is -0.377 e. The van der Waals surface area contributed by atoms with Crippen molar-refractivity contribution in [3.8, 4) is 0 Å². The quantitative estimate of drug-likeness (QED) is 0.886. The average Bonchev–Trinajstić information content (AvgIpc) is 2.37. The van der Waals surface area contributed by atoms with Crippen molar-refractivity contribution in [1.82, 2.24) is 5.32 Å². The van der Waals surface area contributed by atoms with Crippen molar-refractivity contribution in [2.75, 3.05) is 13.7 Å². The SMILES string of the molecule is COC1(CNC(C)c2ccc(C(F)(F)F)cc2)CCC1. The Morgan fingerprint density at radius 2 is 1.85 bits per heavy atom. The van der Waals surface area contributed by atoms with Crippen LogP contribution in [-0.4, -0.2) is 19.3 Å². The highest BCUT2D eigenvalue weighted by atomic mass is 19.4. The Bertz CT molecular complexity index is 432. The van der Waals surface area contributed by atoms with Crippen LogP contribution >= 0.6 is 0 Å². The number of hydrogen-bond acceptors (Lipinski definition) is 2. The highest BCUT2D eigenvalue weighted by molar-refractivity contribution is 5.26. The third-order valence-electron chi connectivity index (χ3n) is 4.17. The summed E-state index contributed by atoms with van der Waals surface area (Å²) in [5.74, 6) is 0. The summed E-state index contributed by atoms with van der Waals surface area (Å²) in [6, 6.07) is 5.32. The van der Waals surface area contributed by atoms with E-state index in [-0.39, 0.29) is 11.6 Å². The Morgan fingerprint density at radius 1 is 1.25 bits per heavy atom. The van der Waals surface area contributed by atoms with Crippen molar-refractivity contribution in [3.63, 3.8) is 0 Å². The van der Waals surface area contributed by atoms with Gasteiger partial charge in [0.05, 0.1) is 11.2 Å². The molecule has 1 saturated carbocycles. The highest BCUT2D eigenvalue weighted by Gasteiger charge is 2.37. The molecule has 0 spiro atoms. The minimum absolute atomic E-state index is 0.00455. The lowest BCUT2D eigenvalue weighted by atomic mass is 9.80. The molecule has 112 valence electrons. The Hall–Kier alpha value is -1.07. The first-order valence-corrected chi connectivity index (χ1v) is 6.82. The molecule has 2 nitrogen and oxygen atoms in total. The first-order chi connectivity index (χ1) is 9.36. The number of nitrogens with one attached hydrogen (secondary N) is 1. The van der Waals surface area contributed by atoms with Crippen molar-refractivity contribution >= 4 is 0 Å². The molecule has 1 unspecified atom stereocenters. The van der Waals surface area contributed by atoms with E-state index in [0.29, 0.717) is 0 Å². The van der Waals surface area contributed by atoms with Gasteiger partial charge in [0.15, 0.2) is 0 Å². The van der Waals surface area contributed by atoms with Crippen LogP contribution in [0.25, 0.3) is 0 Å². The van der Waals surface area contributed by atoms with Gasteiger partial charge in [-0.25, -0.2) is 0 Å². The monoisotopic (exact) mass is 287 g/mol. The van der Waals surface area contributed by atoms with E-state index < -0.39 is 11.7 Å². The summed E-state index contributed by atoms with van der Waals surface area (Å²) < 4.78 is 43.0. The van der Waals surface area contributed by atoms with Gasteiger partial charge in [-0.2, -0.15) is 13.2 Å². The van der Waals surface area contributed by atoms with E-state index in [9.17, 15) is 13.2 Å². The first-order valence-electron chi connectivity index (χ1n) is 6.82. The molecule has 1 aliphatic carbocycles. The van der Waals surface area contributed by atoms with Crippen LogP contribution in [0.4, 0.5) is 13.2 Å². The van der Waals surface area contributed by atoms with Crippen molar-refractivity contribution in [2.24, 2.45) is 0 Å². The number of methoxy groups -OCH3 is 1. The number of alkyl halides is 3. The number of benzene rings is 1. The predicted octanol–water partition coefficient (Wildman–Crippen LogP) is 3.93. The van der Waals surface area contributed by atoms with Gasteiger partial charge in [0.2, 0.25) is 0 Å². The largest absolute Gasteiger partial charge is 0.416 e. The number of rotatable bonds is 5. The molecule has 2 rings (SSSR count). The van der Waals surface area contributed by atoms with E-state index in [0.717, 1.165) is 37.1 Å². The molecular weight excluding hydrogens is 267 g/mol. The zero-order valence-corrected chi connectivity index (χ0v) is 11.8. The summed E-state index contributed by atoms with van der Waals surface area (Å²) >= 11 is 0. The summed E-state index contributed by atoms with van der Waals surface area (Å²) in [5, 5.41) is 3.34. The second-order valence-electron chi connectivity index (χ2n) is 5.46. The molecule has 5 heteroatoms. The predicted molar refractivity (Wildman–Crippen MR) is 71.5 cm³/mol. The molecule has 20 heavy (non-hydrogen) atoms. The van der Waals surface area contributed by atoms with Gasteiger partial charge in [-0.1, -0.05) is 12.1 Å². The molecule has 0 aromatic heterocycles. The summed E-state index contributed by atoms with van der Waals surface area (Å²) in [7, 11) is 1.71. The van der Waals surface area contributed by atoms with Gasteiger partial charge < -0.3 is 10.1 Å². The van der Waals surface area contributed by atoms with E-state index in [1.165, 1.54) is 18.6 Å². The summed E-state index contributed by atoms with van der Waals surface area (Å²) in [5.41, 5.74) is 0.157. The fourth-order valence-corrected chi connectivity index (χ4v) is 2.44. The molecule has 0 saturated heterocycles. The Morgan fingerprint density at radius 3 is 2.25 bits per heavy atom. The third kappa shape index (κ3) is 3.33. The number of hydrogen-bond donors (Lipinski definition) is 1. The van der Waals surface area contributed by atoms with E-state index in [1.807, 2.05) is 6.92 Å². The van der Waals surface area contributed by atoms with Crippen molar-refractivity contribution < 1.29 is 17.9 Å². The number of ether oxygens (including phenoxy) is 1. The molecule has 0 amide bonds. The van der Waals surface area contributed by atoms with Crippen LogP contribution in [0.5, 0.6) is 0 Å². The zero-order chi connectivity index (χ0) is 14.8. The van der Waals surface area contributed by atoms with Crippen molar-refractivity contribution in [1.29, 1.82) is 0 Å². The smallest absolute Gasteiger partial charge is 0.377 e. The van der Waals surface area contributed by atoms with Crippen LogP contribution in [0, 0.1) is 0 Å². The molecule has 0 aliphatic heterocycles. The summed E-state index contributed by atoms with van der Waals surface area (Å²) in [4.78, 5) is 0. The Kier molecular flexibility index (Phi) is 4.39. The second-order valence-corrected chi connectivity index (χ2v) is 5.46. The van der Waals surface area contributed by atoms with Gasteiger partial charge >= 0.3 is 6.18 Å². The van der Waals surface area contributed by atoms with E-state index in [1.54, 1.807) is 7.11 Å². The molecule has 0 bridgehead atoms. The maximum Gasteiger partial charge on any atom is 0.416 e. The fourth-order valence-electron chi connectivity index (χ4n) is 2.44. The van der Waals surface area contributed by atoms with Crippen LogP contribution in [0.3, 0.4) is 0 Å². The molecule has 0 radical (unpaired) electrons. The summed E-state index contributed by atoms with van der Waals surface area (Å²) in [6.07, 6.45) is -1.03. The summed E-state index contributed by atoms with van der Waals surface area (Å²) in [6.45, 7) is 2.68. The average molecular weight is 287 g/mol. The van der Waals surface area contributed by atoms with Crippen molar-refractivity contribution in [3.05, 3.63) is 35.4 Å². The molecule has 1 aromatic rings. The van der Waals surface area contributed by atoms with Gasteiger partial charge in [-0.05, 0) is 43.9 Å². The number of halogens is 3. The first kappa shape index (κ1) is 15.3. The van der Waals surface area contributed by atoms with Gasteiger partial charge in [-0.3, -0.25) is 0 Å². The van der Waals surface area contributed by atoms with E-state index >= 15 is 0 Å². The minimum atomic E-state index is -4.28. The molecule has 1 fully saturated rings.